The van der Waals surface area contributed by atoms with E-state index in [1.165, 1.54) is 18.5 Å². The lowest BCUT2D eigenvalue weighted by Crippen LogP contribution is -2.45. The van der Waals surface area contributed by atoms with Gasteiger partial charge in [-0.25, -0.2) is 9.97 Å². The van der Waals surface area contributed by atoms with Gasteiger partial charge >= 0.3 is 6.18 Å². The van der Waals surface area contributed by atoms with Gasteiger partial charge in [-0.05, 0) is 25.2 Å². The van der Waals surface area contributed by atoms with E-state index < -0.39 is 11.7 Å². The van der Waals surface area contributed by atoms with Crippen molar-refractivity contribution in [3.05, 3.63) is 35.1 Å². The van der Waals surface area contributed by atoms with E-state index in [9.17, 15) is 13.2 Å². The summed E-state index contributed by atoms with van der Waals surface area (Å²) >= 11 is 5.64. The third-order valence-corrected chi connectivity index (χ3v) is 4.53. The van der Waals surface area contributed by atoms with Gasteiger partial charge in [0, 0.05) is 31.9 Å². The summed E-state index contributed by atoms with van der Waals surface area (Å²) in [4.78, 5) is 12.5. The molecule has 1 aromatic heterocycles. The van der Waals surface area contributed by atoms with Crippen LogP contribution in [-0.4, -0.2) is 48.1 Å². The highest BCUT2D eigenvalue weighted by molar-refractivity contribution is 6.31. The fraction of sp³-hybridized carbons (Fsp3) is 0.375. The second-order valence-electron chi connectivity index (χ2n) is 6.07. The first kappa shape index (κ1) is 18.5. The van der Waals surface area contributed by atoms with Crippen molar-refractivity contribution >= 4 is 34.6 Å². The number of anilines is 4. The highest BCUT2D eigenvalue weighted by Gasteiger charge is 2.33. The Morgan fingerprint density at radius 2 is 1.85 bits per heavy atom. The molecule has 0 saturated carbocycles. The van der Waals surface area contributed by atoms with Crippen LogP contribution in [0.25, 0.3) is 0 Å². The summed E-state index contributed by atoms with van der Waals surface area (Å²) in [5, 5.41) is 2.46. The van der Waals surface area contributed by atoms with Gasteiger partial charge in [0.25, 0.3) is 0 Å². The molecule has 0 spiro atoms. The molecule has 26 heavy (non-hydrogen) atoms. The molecule has 3 N–H and O–H groups in total. The van der Waals surface area contributed by atoms with Gasteiger partial charge < -0.3 is 20.9 Å². The number of nitrogen functional groups attached to an aromatic ring is 1. The Morgan fingerprint density at radius 1 is 1.15 bits per heavy atom. The first-order chi connectivity index (χ1) is 12.3. The highest BCUT2D eigenvalue weighted by Crippen LogP contribution is 2.37. The van der Waals surface area contributed by atoms with E-state index in [-0.39, 0.29) is 16.5 Å². The van der Waals surface area contributed by atoms with Crippen LogP contribution in [0.3, 0.4) is 0 Å². The molecule has 1 saturated heterocycles. The lowest BCUT2D eigenvalue weighted by molar-refractivity contribution is -0.137. The number of hydrogen-bond acceptors (Lipinski definition) is 6. The number of rotatable bonds is 3. The Balaban J connectivity index is 1.86. The number of aromatic nitrogens is 2. The number of hydrogen-bond donors (Lipinski definition) is 2. The molecule has 1 aliphatic heterocycles. The zero-order valence-corrected chi connectivity index (χ0v) is 14.8. The van der Waals surface area contributed by atoms with Crippen molar-refractivity contribution in [2.24, 2.45) is 0 Å². The van der Waals surface area contributed by atoms with Gasteiger partial charge in [0.1, 0.15) is 12.0 Å². The van der Waals surface area contributed by atoms with E-state index >= 15 is 0 Å². The van der Waals surface area contributed by atoms with Gasteiger partial charge in [0.15, 0.2) is 11.6 Å². The number of likely N-dealkylation sites (N-methyl/N-ethyl adjacent to an activating group) is 1. The largest absolute Gasteiger partial charge is 0.417 e. The van der Waals surface area contributed by atoms with Crippen LogP contribution >= 0.6 is 11.6 Å². The third kappa shape index (κ3) is 3.94. The van der Waals surface area contributed by atoms with Gasteiger partial charge in [-0.1, -0.05) is 11.6 Å². The number of piperazine rings is 1. The minimum absolute atomic E-state index is 0.191. The summed E-state index contributed by atoms with van der Waals surface area (Å²) in [5.74, 6) is 0.824. The molecule has 0 radical (unpaired) electrons. The molecule has 0 bridgehead atoms. The number of benzene rings is 1. The number of halogens is 4. The van der Waals surface area contributed by atoms with Gasteiger partial charge in [0.2, 0.25) is 0 Å². The van der Waals surface area contributed by atoms with E-state index in [2.05, 4.69) is 20.2 Å². The van der Waals surface area contributed by atoms with Crippen molar-refractivity contribution in [3.8, 4) is 0 Å². The zero-order chi connectivity index (χ0) is 18.9. The molecule has 3 rings (SSSR count). The van der Waals surface area contributed by atoms with E-state index in [1.54, 1.807) is 0 Å². The molecule has 0 aliphatic carbocycles. The average molecular weight is 387 g/mol. The standard InChI is InChI=1S/C16H18ClF3N6/c1-25-4-6-26(7-5-25)15-13(21)14(22-9-23-15)24-10-2-3-12(17)11(8-10)16(18,19)20/h2-3,8-9H,4-7,21H2,1H3,(H,22,23,24). The summed E-state index contributed by atoms with van der Waals surface area (Å²) < 4.78 is 39.0. The molecule has 10 heteroatoms. The van der Waals surface area contributed by atoms with Crippen molar-refractivity contribution in [1.29, 1.82) is 0 Å². The first-order valence-electron chi connectivity index (χ1n) is 7.93. The van der Waals surface area contributed by atoms with Crippen LogP contribution in [-0.2, 0) is 6.18 Å². The van der Waals surface area contributed by atoms with E-state index in [1.807, 2.05) is 11.9 Å². The minimum Gasteiger partial charge on any atom is -0.393 e. The van der Waals surface area contributed by atoms with Crippen molar-refractivity contribution in [1.82, 2.24) is 14.9 Å². The van der Waals surface area contributed by atoms with E-state index in [4.69, 9.17) is 17.3 Å². The Kier molecular flexibility index (Phi) is 5.10. The highest BCUT2D eigenvalue weighted by atomic mass is 35.5. The maximum Gasteiger partial charge on any atom is 0.417 e. The number of nitrogens with two attached hydrogens (primary N) is 1. The molecule has 140 valence electrons. The fourth-order valence-electron chi connectivity index (χ4n) is 2.71. The summed E-state index contributed by atoms with van der Waals surface area (Å²) in [7, 11) is 2.03. The predicted molar refractivity (Wildman–Crippen MR) is 95.9 cm³/mol. The van der Waals surface area contributed by atoms with Crippen molar-refractivity contribution in [2.75, 3.05) is 49.2 Å². The minimum atomic E-state index is -4.54. The molecule has 2 aromatic rings. The second kappa shape index (κ2) is 7.16. The van der Waals surface area contributed by atoms with Crippen molar-refractivity contribution in [2.45, 2.75) is 6.18 Å². The Bertz CT molecular complexity index is 790. The van der Waals surface area contributed by atoms with Gasteiger partial charge in [-0.2, -0.15) is 13.2 Å². The quantitative estimate of drug-likeness (QED) is 0.844. The normalized spacial score (nSPS) is 16.0. The fourth-order valence-corrected chi connectivity index (χ4v) is 2.94. The molecular weight excluding hydrogens is 369 g/mol. The zero-order valence-electron chi connectivity index (χ0n) is 14.0. The number of nitrogens with zero attached hydrogens (tertiary/aromatic N) is 4. The van der Waals surface area contributed by atoms with Crippen LogP contribution in [0, 0.1) is 0 Å². The average Bonchev–Trinajstić information content (AvgIpc) is 2.58. The van der Waals surface area contributed by atoms with Gasteiger partial charge in [-0.15, -0.1) is 0 Å². The Morgan fingerprint density at radius 3 is 2.50 bits per heavy atom. The molecule has 2 heterocycles. The van der Waals surface area contributed by atoms with Crippen LogP contribution in [0.5, 0.6) is 0 Å². The lowest BCUT2D eigenvalue weighted by atomic mass is 10.2. The molecule has 1 aromatic carbocycles. The third-order valence-electron chi connectivity index (χ3n) is 4.20. The number of alkyl halides is 3. The smallest absolute Gasteiger partial charge is 0.393 e. The maximum atomic E-state index is 13.0. The van der Waals surface area contributed by atoms with E-state index in [0.29, 0.717) is 11.5 Å². The Hall–Kier alpha value is -2.26. The lowest BCUT2D eigenvalue weighted by Gasteiger charge is -2.33. The predicted octanol–water partition coefficient (Wildman–Crippen LogP) is 3.23. The maximum absolute atomic E-state index is 13.0. The number of nitrogens with one attached hydrogen (secondary N) is 1. The second-order valence-corrected chi connectivity index (χ2v) is 6.47. The van der Waals surface area contributed by atoms with Crippen LogP contribution in [0.1, 0.15) is 5.56 Å². The van der Waals surface area contributed by atoms with E-state index in [0.717, 1.165) is 32.2 Å². The first-order valence-corrected chi connectivity index (χ1v) is 8.31. The van der Waals surface area contributed by atoms with Crippen LogP contribution < -0.4 is 16.0 Å². The molecule has 1 aliphatic rings. The van der Waals surface area contributed by atoms with Crippen LogP contribution in [0.15, 0.2) is 24.5 Å². The summed E-state index contributed by atoms with van der Waals surface area (Å²) in [6.45, 7) is 3.27. The van der Waals surface area contributed by atoms with Crippen LogP contribution in [0.2, 0.25) is 5.02 Å². The summed E-state index contributed by atoms with van der Waals surface area (Å²) in [5.41, 5.74) is 5.72. The van der Waals surface area contributed by atoms with Crippen molar-refractivity contribution in [3.63, 3.8) is 0 Å². The van der Waals surface area contributed by atoms with Gasteiger partial charge in [-0.3, -0.25) is 0 Å². The SMILES string of the molecule is CN1CCN(c2ncnc(Nc3ccc(Cl)c(C(F)(F)F)c3)c2N)CC1. The van der Waals surface area contributed by atoms with Gasteiger partial charge in [0.05, 0.1) is 10.6 Å². The van der Waals surface area contributed by atoms with Crippen LogP contribution in [0.4, 0.5) is 36.2 Å². The molecule has 1 fully saturated rings. The van der Waals surface area contributed by atoms with Crippen molar-refractivity contribution < 1.29 is 13.2 Å². The summed E-state index contributed by atoms with van der Waals surface area (Å²) in [6, 6.07) is 3.56. The summed E-state index contributed by atoms with van der Waals surface area (Å²) in [6.07, 6.45) is -3.20. The molecule has 0 unspecified atom stereocenters. The molecule has 0 atom stereocenters. The molecular formula is C16H18ClF3N6. The topological polar surface area (TPSA) is 70.3 Å². The molecule has 6 nitrogen and oxygen atoms in total. The molecule has 0 amide bonds. The Labute approximate surface area is 153 Å². The monoisotopic (exact) mass is 386 g/mol.